The van der Waals surface area contributed by atoms with Crippen LogP contribution in [0.1, 0.15) is 16.2 Å². The third-order valence-corrected chi connectivity index (χ3v) is 4.47. The first-order chi connectivity index (χ1) is 12.9. The Hall–Kier alpha value is -3.10. The van der Waals surface area contributed by atoms with E-state index in [-0.39, 0.29) is 11.7 Å². The van der Waals surface area contributed by atoms with Gasteiger partial charge in [0.05, 0.1) is 0 Å². The molecule has 9 heteroatoms. The number of fused-ring (bicyclic) bond motifs is 1. The van der Waals surface area contributed by atoms with E-state index < -0.39 is 11.9 Å². The number of alkyl halides is 3. The highest BCUT2D eigenvalue weighted by Crippen LogP contribution is 2.28. The lowest BCUT2D eigenvalue weighted by atomic mass is 10.2. The zero-order valence-corrected chi connectivity index (χ0v) is 14.1. The topological polar surface area (TPSA) is 62.5 Å². The molecule has 2 aromatic heterocycles. The summed E-state index contributed by atoms with van der Waals surface area (Å²) in [4.78, 5) is 16.1. The number of amides is 1. The number of hydrogen-bond acceptors (Lipinski definition) is 5. The Kier molecular flexibility index (Phi) is 4.21. The average molecular weight is 376 g/mol. The molecule has 1 fully saturated rings. The van der Waals surface area contributed by atoms with E-state index in [4.69, 9.17) is 4.42 Å². The predicted octanol–water partition coefficient (Wildman–Crippen LogP) is 3.20. The maximum atomic E-state index is 12.6. The number of halogens is 3. The number of carbonyl (C=O) groups is 1. The fourth-order valence-electron chi connectivity index (χ4n) is 3.03. The Morgan fingerprint density at radius 3 is 2.37 bits per heavy atom. The zero-order chi connectivity index (χ0) is 19.0. The zero-order valence-electron chi connectivity index (χ0n) is 14.1. The van der Waals surface area contributed by atoms with E-state index in [1.165, 1.54) is 6.07 Å². The van der Waals surface area contributed by atoms with Crippen LogP contribution in [0.25, 0.3) is 11.0 Å². The molecule has 1 amide bonds. The summed E-state index contributed by atoms with van der Waals surface area (Å²) < 4.78 is 43.3. The second kappa shape index (κ2) is 6.57. The van der Waals surface area contributed by atoms with Gasteiger partial charge in [0, 0.05) is 31.6 Å². The lowest BCUT2D eigenvalue weighted by Gasteiger charge is -2.34. The highest BCUT2D eigenvalue weighted by molar-refractivity contribution is 5.96. The number of piperazine rings is 1. The van der Waals surface area contributed by atoms with Crippen molar-refractivity contribution in [3.8, 4) is 0 Å². The van der Waals surface area contributed by atoms with Crippen LogP contribution in [0.5, 0.6) is 0 Å². The highest BCUT2D eigenvalue weighted by Gasteiger charge is 2.33. The van der Waals surface area contributed by atoms with Crippen LogP contribution in [0, 0.1) is 0 Å². The van der Waals surface area contributed by atoms with Crippen LogP contribution in [0.4, 0.5) is 19.0 Å². The predicted molar refractivity (Wildman–Crippen MR) is 91.4 cm³/mol. The van der Waals surface area contributed by atoms with Crippen molar-refractivity contribution in [2.24, 2.45) is 0 Å². The fraction of sp³-hybridized carbons (Fsp3) is 0.278. The molecule has 0 aliphatic carbocycles. The van der Waals surface area contributed by atoms with Crippen LogP contribution in [0.2, 0.25) is 0 Å². The Labute approximate surface area is 152 Å². The van der Waals surface area contributed by atoms with Crippen molar-refractivity contribution in [3.05, 3.63) is 53.9 Å². The van der Waals surface area contributed by atoms with Gasteiger partial charge in [-0.3, -0.25) is 4.79 Å². The van der Waals surface area contributed by atoms with Crippen molar-refractivity contribution in [2.75, 3.05) is 31.1 Å². The van der Waals surface area contributed by atoms with Crippen molar-refractivity contribution in [2.45, 2.75) is 6.18 Å². The van der Waals surface area contributed by atoms with Gasteiger partial charge in [-0.1, -0.05) is 18.2 Å². The molecule has 27 heavy (non-hydrogen) atoms. The average Bonchev–Trinajstić information content (AvgIpc) is 3.11. The lowest BCUT2D eigenvalue weighted by Crippen LogP contribution is -2.49. The lowest BCUT2D eigenvalue weighted by molar-refractivity contribution is -0.141. The van der Waals surface area contributed by atoms with E-state index >= 15 is 0 Å². The monoisotopic (exact) mass is 376 g/mol. The number of benzene rings is 1. The summed E-state index contributed by atoms with van der Waals surface area (Å²) in [7, 11) is 0. The summed E-state index contributed by atoms with van der Waals surface area (Å²) >= 11 is 0. The number of rotatable bonds is 2. The van der Waals surface area contributed by atoms with Crippen LogP contribution in [0.15, 0.2) is 46.9 Å². The number of furan rings is 1. The molecule has 0 radical (unpaired) electrons. The minimum Gasteiger partial charge on any atom is -0.451 e. The summed E-state index contributed by atoms with van der Waals surface area (Å²) in [5.74, 6) is 0.433. The molecular formula is C18H15F3N4O2. The molecule has 0 bridgehead atoms. The van der Waals surface area contributed by atoms with E-state index in [0.717, 1.165) is 11.5 Å². The molecule has 4 rings (SSSR count). The normalized spacial score (nSPS) is 15.4. The van der Waals surface area contributed by atoms with Crippen molar-refractivity contribution in [1.82, 2.24) is 15.1 Å². The van der Waals surface area contributed by atoms with Crippen LogP contribution in [-0.4, -0.2) is 47.2 Å². The summed E-state index contributed by atoms with van der Waals surface area (Å²) in [5.41, 5.74) is -0.371. The smallest absolute Gasteiger partial charge is 0.435 e. The van der Waals surface area contributed by atoms with Gasteiger partial charge < -0.3 is 14.2 Å². The minimum absolute atomic E-state index is 0.204. The molecule has 1 saturated heterocycles. The van der Waals surface area contributed by atoms with E-state index in [1.807, 2.05) is 18.2 Å². The molecule has 0 atom stereocenters. The first-order valence-electron chi connectivity index (χ1n) is 8.35. The van der Waals surface area contributed by atoms with Gasteiger partial charge in [-0.25, -0.2) is 0 Å². The molecule has 1 aliphatic rings. The van der Waals surface area contributed by atoms with Crippen molar-refractivity contribution < 1.29 is 22.4 Å². The van der Waals surface area contributed by atoms with Crippen LogP contribution in [-0.2, 0) is 6.18 Å². The number of anilines is 1. The summed E-state index contributed by atoms with van der Waals surface area (Å²) in [6.45, 7) is 1.73. The standard InChI is InChI=1S/C18H15F3N4O2/c19-18(20,21)15-5-6-16(23-22-15)24-7-9-25(10-8-24)17(26)14-11-12-3-1-2-4-13(12)27-14/h1-6,11H,7-10H2. The Morgan fingerprint density at radius 1 is 1.00 bits per heavy atom. The van der Waals surface area contributed by atoms with Crippen LogP contribution in [0.3, 0.4) is 0 Å². The molecule has 1 aliphatic heterocycles. The van der Waals surface area contributed by atoms with E-state index in [2.05, 4.69) is 10.2 Å². The van der Waals surface area contributed by atoms with Crippen molar-refractivity contribution in [3.63, 3.8) is 0 Å². The number of aromatic nitrogens is 2. The Morgan fingerprint density at radius 2 is 1.74 bits per heavy atom. The number of para-hydroxylation sites is 1. The molecule has 0 unspecified atom stereocenters. The van der Waals surface area contributed by atoms with E-state index in [9.17, 15) is 18.0 Å². The maximum absolute atomic E-state index is 12.6. The van der Waals surface area contributed by atoms with Gasteiger partial charge in [0.15, 0.2) is 17.3 Å². The van der Waals surface area contributed by atoms with E-state index in [0.29, 0.717) is 37.6 Å². The third-order valence-electron chi connectivity index (χ3n) is 4.47. The quantitative estimate of drug-likeness (QED) is 0.687. The Bertz CT molecular complexity index is 928. The molecule has 140 valence electrons. The van der Waals surface area contributed by atoms with Gasteiger partial charge >= 0.3 is 6.18 Å². The van der Waals surface area contributed by atoms with Gasteiger partial charge in [-0.2, -0.15) is 13.2 Å². The van der Waals surface area contributed by atoms with Crippen LogP contribution < -0.4 is 4.90 Å². The summed E-state index contributed by atoms with van der Waals surface area (Å²) in [6, 6.07) is 11.3. The number of hydrogen-bond donors (Lipinski definition) is 0. The fourth-order valence-corrected chi connectivity index (χ4v) is 3.03. The first kappa shape index (κ1) is 17.3. The molecule has 3 heterocycles. The molecule has 0 spiro atoms. The van der Waals surface area contributed by atoms with E-state index in [1.54, 1.807) is 21.9 Å². The molecular weight excluding hydrogens is 361 g/mol. The molecule has 6 nitrogen and oxygen atoms in total. The third kappa shape index (κ3) is 3.44. The number of nitrogens with zero attached hydrogens (tertiary/aromatic N) is 4. The second-order valence-electron chi connectivity index (χ2n) is 6.20. The largest absolute Gasteiger partial charge is 0.451 e. The van der Waals surface area contributed by atoms with Gasteiger partial charge in [0.2, 0.25) is 0 Å². The Balaban J connectivity index is 1.41. The van der Waals surface area contributed by atoms with Crippen molar-refractivity contribution in [1.29, 1.82) is 0 Å². The van der Waals surface area contributed by atoms with Crippen molar-refractivity contribution >= 4 is 22.7 Å². The highest BCUT2D eigenvalue weighted by atomic mass is 19.4. The number of carbonyl (C=O) groups excluding carboxylic acids is 1. The maximum Gasteiger partial charge on any atom is 0.435 e. The van der Waals surface area contributed by atoms with Crippen LogP contribution >= 0.6 is 0 Å². The molecule has 3 aromatic rings. The van der Waals surface area contributed by atoms with Gasteiger partial charge in [0.25, 0.3) is 5.91 Å². The second-order valence-corrected chi connectivity index (χ2v) is 6.20. The van der Waals surface area contributed by atoms with Gasteiger partial charge in [0.1, 0.15) is 5.58 Å². The molecule has 1 aromatic carbocycles. The summed E-state index contributed by atoms with van der Waals surface area (Å²) in [5, 5.41) is 7.76. The molecule has 0 N–H and O–H groups in total. The SMILES string of the molecule is O=C(c1cc2ccccc2o1)N1CCN(c2ccc(C(F)(F)F)nn2)CC1. The minimum atomic E-state index is -4.51. The first-order valence-corrected chi connectivity index (χ1v) is 8.35. The van der Waals surface area contributed by atoms with Gasteiger partial charge in [-0.05, 0) is 24.3 Å². The summed E-state index contributed by atoms with van der Waals surface area (Å²) in [6.07, 6.45) is -4.51. The van der Waals surface area contributed by atoms with Gasteiger partial charge in [-0.15, -0.1) is 10.2 Å². The molecule has 0 saturated carbocycles.